The molecule has 2 heterocycles. The SMILES string of the molecule is C=C1CN(C)CC2c3cc(F)ccc3CCN12. The Kier molecular flexibility index (Phi) is 2.44. The summed E-state index contributed by atoms with van der Waals surface area (Å²) in [4.78, 5) is 4.59. The molecule has 2 aliphatic heterocycles. The number of hydrogen-bond donors (Lipinski definition) is 0. The van der Waals surface area contributed by atoms with Gasteiger partial charge in [-0.05, 0) is 36.7 Å². The van der Waals surface area contributed by atoms with E-state index in [0.29, 0.717) is 0 Å². The van der Waals surface area contributed by atoms with Crippen molar-refractivity contribution >= 4 is 0 Å². The molecule has 1 unspecified atom stereocenters. The molecule has 1 aromatic rings. The van der Waals surface area contributed by atoms with E-state index >= 15 is 0 Å². The zero-order valence-corrected chi connectivity index (χ0v) is 10.1. The highest BCUT2D eigenvalue weighted by molar-refractivity contribution is 5.35. The van der Waals surface area contributed by atoms with Crippen molar-refractivity contribution < 1.29 is 4.39 Å². The van der Waals surface area contributed by atoms with Crippen molar-refractivity contribution in [2.45, 2.75) is 12.5 Å². The van der Waals surface area contributed by atoms with Gasteiger partial charge >= 0.3 is 0 Å². The first-order valence-corrected chi connectivity index (χ1v) is 6.06. The summed E-state index contributed by atoms with van der Waals surface area (Å²) in [6.45, 7) is 7.02. The molecule has 1 saturated heterocycles. The maximum atomic E-state index is 13.4. The lowest BCUT2D eigenvalue weighted by molar-refractivity contribution is 0.127. The Balaban J connectivity index is 2.03. The van der Waals surface area contributed by atoms with E-state index in [1.165, 1.54) is 5.56 Å². The van der Waals surface area contributed by atoms with E-state index in [-0.39, 0.29) is 11.9 Å². The molecule has 1 fully saturated rings. The summed E-state index contributed by atoms with van der Waals surface area (Å²) in [5.41, 5.74) is 3.58. The van der Waals surface area contributed by atoms with Crippen LogP contribution in [-0.4, -0.2) is 36.5 Å². The van der Waals surface area contributed by atoms with Crippen molar-refractivity contribution in [3.8, 4) is 0 Å². The topological polar surface area (TPSA) is 6.48 Å². The van der Waals surface area contributed by atoms with Crippen molar-refractivity contribution in [1.82, 2.24) is 9.80 Å². The minimum Gasteiger partial charge on any atom is -0.366 e. The zero-order valence-electron chi connectivity index (χ0n) is 10.1. The van der Waals surface area contributed by atoms with Crippen LogP contribution in [0.4, 0.5) is 4.39 Å². The number of piperazine rings is 1. The standard InChI is InChI=1S/C14H17FN2/c1-10-8-16(2)9-14-13-7-12(15)4-3-11(13)5-6-17(10)14/h3-4,7,14H,1,5-6,8-9H2,2H3. The van der Waals surface area contributed by atoms with Crippen LogP contribution in [0.3, 0.4) is 0 Å². The first-order chi connectivity index (χ1) is 8.15. The van der Waals surface area contributed by atoms with Gasteiger partial charge in [0, 0.05) is 25.3 Å². The fraction of sp³-hybridized carbons (Fsp3) is 0.429. The molecule has 1 aromatic carbocycles. The number of fused-ring (bicyclic) bond motifs is 3. The van der Waals surface area contributed by atoms with Gasteiger partial charge in [-0.1, -0.05) is 12.6 Å². The number of halogens is 1. The van der Waals surface area contributed by atoms with E-state index < -0.39 is 0 Å². The Morgan fingerprint density at radius 1 is 1.41 bits per heavy atom. The molecule has 0 aliphatic carbocycles. The Bertz CT molecular complexity index is 469. The minimum absolute atomic E-state index is 0.135. The second-order valence-electron chi connectivity index (χ2n) is 5.07. The Hall–Kier alpha value is -1.35. The van der Waals surface area contributed by atoms with Gasteiger partial charge in [0.15, 0.2) is 0 Å². The molecule has 0 bridgehead atoms. The Labute approximate surface area is 101 Å². The quantitative estimate of drug-likeness (QED) is 0.676. The minimum atomic E-state index is -0.135. The zero-order chi connectivity index (χ0) is 12.0. The van der Waals surface area contributed by atoms with Crippen molar-refractivity contribution in [2.75, 3.05) is 26.7 Å². The highest BCUT2D eigenvalue weighted by Crippen LogP contribution is 2.35. The van der Waals surface area contributed by atoms with Gasteiger partial charge in [-0.3, -0.25) is 4.90 Å². The Morgan fingerprint density at radius 3 is 3.06 bits per heavy atom. The summed E-state index contributed by atoms with van der Waals surface area (Å²) in [7, 11) is 2.09. The van der Waals surface area contributed by atoms with Gasteiger partial charge in [-0.2, -0.15) is 0 Å². The summed E-state index contributed by atoms with van der Waals surface area (Å²) >= 11 is 0. The average molecular weight is 232 g/mol. The molecule has 0 saturated carbocycles. The first kappa shape index (κ1) is 10.8. The first-order valence-electron chi connectivity index (χ1n) is 6.06. The molecule has 0 amide bonds. The smallest absolute Gasteiger partial charge is 0.123 e. The van der Waals surface area contributed by atoms with Crippen LogP contribution in [0.2, 0.25) is 0 Å². The van der Waals surface area contributed by atoms with E-state index in [1.807, 2.05) is 6.07 Å². The van der Waals surface area contributed by atoms with Crippen LogP contribution >= 0.6 is 0 Å². The average Bonchev–Trinajstić information content (AvgIpc) is 2.28. The normalized spacial score (nSPS) is 24.5. The van der Waals surface area contributed by atoms with Gasteiger partial charge in [0.25, 0.3) is 0 Å². The van der Waals surface area contributed by atoms with Crippen LogP contribution in [0.15, 0.2) is 30.5 Å². The van der Waals surface area contributed by atoms with E-state index in [1.54, 1.807) is 12.1 Å². The van der Waals surface area contributed by atoms with Crippen LogP contribution in [-0.2, 0) is 6.42 Å². The monoisotopic (exact) mass is 232 g/mol. The molecule has 0 spiro atoms. The highest BCUT2D eigenvalue weighted by Gasteiger charge is 2.32. The maximum absolute atomic E-state index is 13.4. The summed E-state index contributed by atoms with van der Waals surface area (Å²) in [5.74, 6) is -0.135. The van der Waals surface area contributed by atoms with Crippen molar-refractivity contribution in [3.05, 3.63) is 47.4 Å². The molecule has 0 radical (unpaired) electrons. The van der Waals surface area contributed by atoms with E-state index in [4.69, 9.17) is 0 Å². The second-order valence-corrected chi connectivity index (χ2v) is 5.07. The molecular formula is C14H17FN2. The molecule has 3 heteroatoms. The summed E-state index contributed by atoms with van der Waals surface area (Å²) in [6, 6.07) is 5.47. The number of benzene rings is 1. The molecule has 0 aromatic heterocycles. The number of rotatable bonds is 0. The number of hydrogen-bond acceptors (Lipinski definition) is 2. The molecule has 1 atom stereocenters. The van der Waals surface area contributed by atoms with Gasteiger partial charge in [0.2, 0.25) is 0 Å². The van der Waals surface area contributed by atoms with E-state index in [9.17, 15) is 4.39 Å². The third-order valence-electron chi connectivity index (χ3n) is 3.81. The lowest BCUT2D eigenvalue weighted by Gasteiger charge is -2.46. The van der Waals surface area contributed by atoms with E-state index in [0.717, 1.165) is 37.3 Å². The van der Waals surface area contributed by atoms with Crippen LogP contribution in [0, 0.1) is 5.82 Å². The number of nitrogens with zero attached hydrogens (tertiary/aromatic N) is 2. The third kappa shape index (κ3) is 1.75. The lowest BCUT2D eigenvalue weighted by Crippen LogP contribution is -2.47. The van der Waals surface area contributed by atoms with Gasteiger partial charge in [0.1, 0.15) is 5.82 Å². The number of likely N-dealkylation sites (N-methyl/N-ethyl adjacent to an activating group) is 1. The second kappa shape index (κ2) is 3.84. The lowest BCUT2D eigenvalue weighted by atomic mass is 9.90. The van der Waals surface area contributed by atoms with Gasteiger partial charge in [-0.15, -0.1) is 0 Å². The fourth-order valence-corrected chi connectivity index (χ4v) is 3.01. The molecule has 3 rings (SSSR count). The summed E-state index contributed by atoms with van der Waals surface area (Å²) in [5, 5.41) is 0. The maximum Gasteiger partial charge on any atom is 0.123 e. The van der Waals surface area contributed by atoms with Crippen LogP contribution < -0.4 is 0 Å². The molecule has 2 aliphatic rings. The molecule has 17 heavy (non-hydrogen) atoms. The predicted molar refractivity (Wildman–Crippen MR) is 66.2 cm³/mol. The molecule has 0 N–H and O–H groups in total. The van der Waals surface area contributed by atoms with Crippen molar-refractivity contribution in [1.29, 1.82) is 0 Å². The van der Waals surface area contributed by atoms with E-state index in [2.05, 4.69) is 23.4 Å². The van der Waals surface area contributed by atoms with Gasteiger partial charge < -0.3 is 4.90 Å². The van der Waals surface area contributed by atoms with Crippen LogP contribution in [0.25, 0.3) is 0 Å². The Morgan fingerprint density at radius 2 is 2.24 bits per heavy atom. The summed E-state index contributed by atoms with van der Waals surface area (Å²) < 4.78 is 13.4. The van der Waals surface area contributed by atoms with Crippen molar-refractivity contribution in [3.63, 3.8) is 0 Å². The van der Waals surface area contributed by atoms with Gasteiger partial charge in [-0.25, -0.2) is 4.39 Å². The largest absolute Gasteiger partial charge is 0.366 e. The molecular weight excluding hydrogens is 215 g/mol. The van der Waals surface area contributed by atoms with Crippen molar-refractivity contribution in [2.24, 2.45) is 0 Å². The summed E-state index contributed by atoms with van der Waals surface area (Å²) in [6.07, 6.45) is 0.995. The van der Waals surface area contributed by atoms with Gasteiger partial charge in [0.05, 0.1) is 6.04 Å². The molecule has 2 nitrogen and oxygen atoms in total. The predicted octanol–water partition coefficient (Wildman–Crippen LogP) is 2.18. The van der Waals surface area contributed by atoms with Crippen LogP contribution in [0.5, 0.6) is 0 Å². The highest BCUT2D eigenvalue weighted by atomic mass is 19.1. The molecule has 90 valence electrons. The third-order valence-corrected chi connectivity index (χ3v) is 3.81. The fourth-order valence-electron chi connectivity index (χ4n) is 3.01. The van der Waals surface area contributed by atoms with Crippen LogP contribution in [0.1, 0.15) is 17.2 Å².